The van der Waals surface area contributed by atoms with Crippen molar-refractivity contribution >= 4 is 11.9 Å². The molecule has 0 saturated carbocycles. The maximum atomic E-state index is 10.9. The lowest BCUT2D eigenvalue weighted by molar-refractivity contribution is 0.100. The van der Waals surface area contributed by atoms with Crippen molar-refractivity contribution < 1.29 is 9.21 Å². The molecule has 0 bridgehead atoms. The Balaban J connectivity index is 2.45. The van der Waals surface area contributed by atoms with Gasteiger partial charge < -0.3 is 15.9 Å². The Bertz CT molecular complexity index is 505. The van der Waals surface area contributed by atoms with E-state index < -0.39 is 5.91 Å². The Labute approximate surface area is 85.7 Å². The quantitative estimate of drug-likeness (QED) is 0.761. The SMILES string of the molecule is NC(=O)c1cccc(-c2cnc(N)o2)c1. The molecule has 5 heteroatoms. The number of nitrogens with two attached hydrogens (primary N) is 2. The minimum Gasteiger partial charge on any atom is -0.424 e. The lowest BCUT2D eigenvalue weighted by Crippen LogP contribution is -2.10. The highest BCUT2D eigenvalue weighted by atomic mass is 16.4. The van der Waals surface area contributed by atoms with Gasteiger partial charge in [-0.05, 0) is 12.1 Å². The molecule has 2 rings (SSSR count). The fourth-order valence-electron chi connectivity index (χ4n) is 1.25. The monoisotopic (exact) mass is 203 g/mol. The zero-order valence-electron chi connectivity index (χ0n) is 7.81. The number of oxazole rings is 1. The van der Waals surface area contributed by atoms with Gasteiger partial charge >= 0.3 is 0 Å². The number of aromatic nitrogens is 1. The number of carbonyl (C=O) groups is 1. The average molecular weight is 203 g/mol. The van der Waals surface area contributed by atoms with Gasteiger partial charge in [-0.3, -0.25) is 4.79 Å². The molecule has 1 aromatic heterocycles. The van der Waals surface area contributed by atoms with Crippen molar-refractivity contribution in [1.29, 1.82) is 0 Å². The summed E-state index contributed by atoms with van der Waals surface area (Å²) in [5.74, 6) is 0.0277. The van der Waals surface area contributed by atoms with E-state index in [9.17, 15) is 4.79 Å². The highest BCUT2D eigenvalue weighted by Crippen LogP contribution is 2.21. The van der Waals surface area contributed by atoms with Crippen molar-refractivity contribution in [2.45, 2.75) is 0 Å². The standard InChI is InChI=1S/C10H9N3O2/c11-9(14)7-3-1-2-6(4-7)8-5-13-10(12)15-8/h1-5H,(H2,11,14)(H2,12,13). The van der Waals surface area contributed by atoms with Gasteiger partial charge in [0.25, 0.3) is 6.01 Å². The summed E-state index contributed by atoms with van der Waals surface area (Å²) in [6.07, 6.45) is 1.50. The Morgan fingerprint density at radius 3 is 2.80 bits per heavy atom. The fourth-order valence-corrected chi connectivity index (χ4v) is 1.25. The van der Waals surface area contributed by atoms with Crippen molar-refractivity contribution in [3.05, 3.63) is 36.0 Å². The second kappa shape index (κ2) is 3.45. The van der Waals surface area contributed by atoms with Crippen LogP contribution in [0.25, 0.3) is 11.3 Å². The molecule has 1 aromatic carbocycles. The van der Waals surface area contributed by atoms with Crippen LogP contribution < -0.4 is 11.5 Å². The smallest absolute Gasteiger partial charge is 0.292 e. The van der Waals surface area contributed by atoms with Gasteiger partial charge in [0, 0.05) is 11.1 Å². The van der Waals surface area contributed by atoms with E-state index in [1.165, 1.54) is 6.20 Å². The molecule has 0 radical (unpaired) electrons. The molecule has 76 valence electrons. The van der Waals surface area contributed by atoms with E-state index in [2.05, 4.69) is 4.98 Å². The van der Waals surface area contributed by atoms with Crippen molar-refractivity contribution in [3.63, 3.8) is 0 Å². The molecule has 0 unspecified atom stereocenters. The molecule has 4 N–H and O–H groups in total. The van der Waals surface area contributed by atoms with Gasteiger partial charge in [0.2, 0.25) is 5.91 Å². The summed E-state index contributed by atoms with van der Waals surface area (Å²) in [7, 11) is 0. The highest BCUT2D eigenvalue weighted by molar-refractivity contribution is 5.93. The van der Waals surface area contributed by atoms with Gasteiger partial charge in [0.05, 0.1) is 6.20 Å². The summed E-state index contributed by atoms with van der Waals surface area (Å²) in [6.45, 7) is 0. The molecule has 5 nitrogen and oxygen atoms in total. The van der Waals surface area contributed by atoms with E-state index >= 15 is 0 Å². The first kappa shape index (κ1) is 9.26. The van der Waals surface area contributed by atoms with Gasteiger partial charge in [-0.15, -0.1) is 0 Å². The number of primary amides is 1. The molecule has 0 aliphatic rings. The van der Waals surface area contributed by atoms with Crippen LogP contribution in [-0.2, 0) is 0 Å². The first-order valence-corrected chi connectivity index (χ1v) is 4.28. The van der Waals surface area contributed by atoms with Gasteiger partial charge in [0.1, 0.15) is 0 Å². The molecule has 0 atom stereocenters. The summed E-state index contributed by atoms with van der Waals surface area (Å²) in [6, 6.07) is 6.85. The first-order chi connectivity index (χ1) is 7.16. The number of hydrogen-bond donors (Lipinski definition) is 2. The number of carbonyl (C=O) groups excluding carboxylic acids is 1. The zero-order chi connectivity index (χ0) is 10.8. The summed E-state index contributed by atoms with van der Waals surface area (Å²) in [5.41, 5.74) is 11.6. The number of nitrogen functional groups attached to an aromatic ring is 1. The Kier molecular flexibility index (Phi) is 2.13. The topological polar surface area (TPSA) is 95.1 Å². The molecule has 0 aliphatic heterocycles. The van der Waals surface area contributed by atoms with E-state index in [-0.39, 0.29) is 6.01 Å². The van der Waals surface area contributed by atoms with Crippen LogP contribution in [0, 0.1) is 0 Å². The summed E-state index contributed by atoms with van der Waals surface area (Å²) in [4.78, 5) is 14.7. The molecule has 2 aromatic rings. The maximum absolute atomic E-state index is 10.9. The third-order valence-electron chi connectivity index (χ3n) is 1.96. The van der Waals surface area contributed by atoms with Gasteiger partial charge in [0.15, 0.2) is 5.76 Å². The van der Waals surface area contributed by atoms with Crippen molar-refractivity contribution in [1.82, 2.24) is 4.98 Å². The first-order valence-electron chi connectivity index (χ1n) is 4.28. The maximum Gasteiger partial charge on any atom is 0.292 e. The molecular weight excluding hydrogens is 194 g/mol. The molecule has 0 aliphatic carbocycles. The third kappa shape index (κ3) is 1.80. The Morgan fingerprint density at radius 1 is 1.40 bits per heavy atom. The minimum atomic E-state index is -0.482. The summed E-state index contributed by atoms with van der Waals surface area (Å²) < 4.78 is 5.12. The van der Waals surface area contributed by atoms with E-state index in [0.717, 1.165) is 5.56 Å². The van der Waals surface area contributed by atoms with Crippen LogP contribution in [0.15, 0.2) is 34.9 Å². The van der Waals surface area contributed by atoms with Crippen LogP contribution in [0.2, 0.25) is 0 Å². The van der Waals surface area contributed by atoms with Crippen LogP contribution in [0.3, 0.4) is 0 Å². The van der Waals surface area contributed by atoms with Crippen LogP contribution in [0.5, 0.6) is 0 Å². The number of hydrogen-bond acceptors (Lipinski definition) is 4. The largest absolute Gasteiger partial charge is 0.424 e. The number of benzene rings is 1. The highest BCUT2D eigenvalue weighted by Gasteiger charge is 2.06. The molecule has 1 heterocycles. The van der Waals surface area contributed by atoms with Gasteiger partial charge in [-0.25, -0.2) is 4.98 Å². The normalized spacial score (nSPS) is 10.1. The predicted octanol–water partition coefficient (Wildman–Crippen LogP) is 1.02. The lowest BCUT2D eigenvalue weighted by Gasteiger charge is -1.98. The van der Waals surface area contributed by atoms with E-state index in [0.29, 0.717) is 11.3 Å². The number of rotatable bonds is 2. The molecule has 1 amide bonds. The van der Waals surface area contributed by atoms with E-state index in [1.54, 1.807) is 24.3 Å². The van der Waals surface area contributed by atoms with Crippen LogP contribution in [0.4, 0.5) is 6.01 Å². The molecule has 0 spiro atoms. The molecule has 15 heavy (non-hydrogen) atoms. The minimum absolute atomic E-state index is 0.0921. The average Bonchev–Trinajstić information content (AvgIpc) is 2.65. The fraction of sp³-hybridized carbons (Fsp3) is 0. The molecular formula is C10H9N3O2. The van der Waals surface area contributed by atoms with Gasteiger partial charge in [-0.2, -0.15) is 0 Å². The second-order valence-corrected chi connectivity index (χ2v) is 3.01. The van der Waals surface area contributed by atoms with Crippen molar-refractivity contribution in [2.24, 2.45) is 5.73 Å². The number of anilines is 1. The molecule has 0 saturated heterocycles. The van der Waals surface area contributed by atoms with Crippen molar-refractivity contribution in [2.75, 3.05) is 5.73 Å². The Morgan fingerprint density at radius 2 is 2.20 bits per heavy atom. The van der Waals surface area contributed by atoms with Crippen LogP contribution in [0.1, 0.15) is 10.4 Å². The summed E-state index contributed by atoms with van der Waals surface area (Å²) in [5, 5.41) is 0. The lowest BCUT2D eigenvalue weighted by atomic mass is 10.1. The van der Waals surface area contributed by atoms with E-state index in [4.69, 9.17) is 15.9 Å². The van der Waals surface area contributed by atoms with Crippen molar-refractivity contribution in [3.8, 4) is 11.3 Å². The predicted molar refractivity (Wildman–Crippen MR) is 54.9 cm³/mol. The second-order valence-electron chi connectivity index (χ2n) is 3.01. The van der Waals surface area contributed by atoms with Crippen LogP contribution >= 0.6 is 0 Å². The van der Waals surface area contributed by atoms with E-state index in [1.807, 2.05) is 0 Å². The van der Waals surface area contributed by atoms with Gasteiger partial charge in [-0.1, -0.05) is 12.1 Å². The molecule has 0 fully saturated rings. The Hall–Kier alpha value is -2.30. The van der Waals surface area contributed by atoms with Crippen LogP contribution in [-0.4, -0.2) is 10.9 Å². The number of nitrogens with zero attached hydrogens (tertiary/aromatic N) is 1. The zero-order valence-corrected chi connectivity index (χ0v) is 7.81. The number of amides is 1. The summed E-state index contributed by atoms with van der Waals surface area (Å²) >= 11 is 0. The third-order valence-corrected chi connectivity index (χ3v) is 1.96.